The summed E-state index contributed by atoms with van der Waals surface area (Å²) >= 11 is 3.76. The third-order valence-corrected chi connectivity index (χ3v) is 28.6. The van der Waals surface area contributed by atoms with Crippen molar-refractivity contribution in [2.45, 2.75) is 27.2 Å². The molecule has 0 aliphatic carbocycles. The number of para-hydroxylation sites is 8. The molecule has 10 heteroatoms. The van der Waals surface area contributed by atoms with Crippen LogP contribution in [0.5, 0.6) is 0 Å². The Bertz CT molecular complexity index is 9060. The number of nitrogens with zero attached hydrogens (tertiary/aromatic N) is 4. The van der Waals surface area contributed by atoms with Crippen molar-refractivity contribution in [3.63, 3.8) is 0 Å². The molecular formula is C116H74N4O4S2. The average molecular weight is 1650 g/mol. The first-order valence-corrected chi connectivity index (χ1v) is 44.6. The molecule has 26 aromatic rings. The Morgan fingerprint density at radius 1 is 0.198 bits per heavy atom. The maximum atomic E-state index is 7.11. The van der Waals surface area contributed by atoms with Gasteiger partial charge in [0.1, 0.15) is 22.3 Å². The molecule has 0 amide bonds. The lowest BCUT2D eigenvalue weighted by Crippen LogP contribution is -2.12. The van der Waals surface area contributed by atoms with Crippen molar-refractivity contribution < 1.29 is 17.7 Å². The van der Waals surface area contributed by atoms with E-state index in [4.69, 9.17) is 17.7 Å². The molecule has 0 unspecified atom stereocenters. The molecule has 6 heterocycles. The zero-order valence-electron chi connectivity index (χ0n) is 68.8. The number of hydrogen-bond donors (Lipinski definition) is 0. The maximum Gasteiger partial charge on any atom is 0.159 e. The van der Waals surface area contributed by atoms with Gasteiger partial charge in [0.25, 0.3) is 0 Å². The van der Waals surface area contributed by atoms with Crippen LogP contribution in [-0.2, 0) is 6.42 Å². The fourth-order valence-corrected chi connectivity index (χ4v) is 22.9. The quantitative estimate of drug-likeness (QED) is 0.107. The zero-order valence-corrected chi connectivity index (χ0v) is 70.5. The SMILES string of the molecule is Cc1ccc(N(c2cc3c4cc(N(c5ccc(Cc6ccc(N(c7cc8c9cc(N(c%10cccc(C)c%10)c%10cccc%11c%10oc%10ccccc%10%11)c%10ccccc%10c9sc8c8ccccc78)c7cccc8c7oc7ccccc78)cc6C)cc5)c5cccc6c5oc5ccccc56)c5ccccc5c4sc3c3ccccc23)c2cccc3c2oc2ccccc23)cc1. The summed E-state index contributed by atoms with van der Waals surface area (Å²) in [5.74, 6) is 0. The second-order valence-corrected chi connectivity index (χ2v) is 35.5. The number of anilines is 12. The largest absolute Gasteiger partial charge is 0.454 e. The predicted octanol–water partition coefficient (Wildman–Crippen LogP) is 35.0. The summed E-state index contributed by atoms with van der Waals surface area (Å²) in [6, 6.07) is 140. The van der Waals surface area contributed by atoms with Crippen LogP contribution < -0.4 is 19.6 Å². The molecule has 0 aliphatic rings. The number of furan rings is 4. The molecule has 126 heavy (non-hydrogen) atoms. The van der Waals surface area contributed by atoms with Gasteiger partial charge < -0.3 is 37.3 Å². The van der Waals surface area contributed by atoms with E-state index in [0.717, 1.165) is 178 Å². The summed E-state index contributed by atoms with van der Waals surface area (Å²) < 4.78 is 33.0. The van der Waals surface area contributed by atoms with Crippen LogP contribution in [0, 0.1) is 20.8 Å². The molecule has 0 N–H and O–H groups in total. The maximum absolute atomic E-state index is 7.11. The lowest BCUT2D eigenvalue weighted by Gasteiger charge is -2.28. The number of fused-ring (bicyclic) bond motifs is 26. The van der Waals surface area contributed by atoms with Crippen molar-refractivity contribution >= 4 is 262 Å². The lowest BCUT2D eigenvalue weighted by atomic mass is 9.97. The number of aryl methyl sites for hydroxylation is 3. The van der Waals surface area contributed by atoms with Crippen LogP contribution in [0.15, 0.2) is 400 Å². The van der Waals surface area contributed by atoms with Crippen molar-refractivity contribution in [2.24, 2.45) is 0 Å². The first-order valence-electron chi connectivity index (χ1n) is 42.9. The summed E-state index contributed by atoms with van der Waals surface area (Å²) in [4.78, 5) is 9.76. The van der Waals surface area contributed by atoms with E-state index in [1.807, 2.05) is 22.7 Å². The highest BCUT2D eigenvalue weighted by Gasteiger charge is 2.31. The minimum atomic E-state index is 0.692. The molecule has 594 valence electrons. The van der Waals surface area contributed by atoms with Crippen molar-refractivity contribution in [1.29, 1.82) is 0 Å². The van der Waals surface area contributed by atoms with Crippen LogP contribution in [0.3, 0.4) is 0 Å². The van der Waals surface area contributed by atoms with E-state index in [1.54, 1.807) is 0 Å². The number of hydrogen-bond acceptors (Lipinski definition) is 10. The molecule has 0 saturated heterocycles. The summed E-state index contributed by atoms with van der Waals surface area (Å²) in [6.07, 6.45) is 0.692. The van der Waals surface area contributed by atoms with Gasteiger partial charge in [-0.1, -0.05) is 266 Å². The fraction of sp³-hybridized carbons (Fsp3) is 0.0345. The molecule has 0 fully saturated rings. The molecule has 0 bridgehead atoms. The molecular weight excluding hydrogens is 1580 g/mol. The number of benzene rings is 20. The summed E-state index contributed by atoms with van der Waals surface area (Å²) in [6.45, 7) is 6.60. The summed E-state index contributed by atoms with van der Waals surface area (Å²) in [7, 11) is 0. The summed E-state index contributed by atoms with van der Waals surface area (Å²) in [5.41, 5.74) is 24.8. The lowest BCUT2D eigenvalue weighted by molar-refractivity contribution is 0.669. The minimum Gasteiger partial charge on any atom is -0.454 e. The molecule has 0 spiro atoms. The van der Waals surface area contributed by atoms with E-state index in [9.17, 15) is 0 Å². The van der Waals surface area contributed by atoms with Crippen LogP contribution in [0.2, 0.25) is 0 Å². The van der Waals surface area contributed by atoms with Gasteiger partial charge in [0.05, 0.1) is 45.5 Å². The van der Waals surface area contributed by atoms with Crippen molar-refractivity contribution in [1.82, 2.24) is 0 Å². The van der Waals surface area contributed by atoms with Gasteiger partial charge in [0, 0.05) is 149 Å². The number of rotatable bonds is 14. The first kappa shape index (κ1) is 72.0. The van der Waals surface area contributed by atoms with Crippen molar-refractivity contribution in [2.75, 3.05) is 19.6 Å². The highest BCUT2D eigenvalue weighted by Crippen LogP contribution is 2.57. The van der Waals surface area contributed by atoms with Gasteiger partial charge in [0.15, 0.2) is 22.3 Å². The Kier molecular flexibility index (Phi) is 16.1. The molecule has 8 nitrogen and oxygen atoms in total. The van der Waals surface area contributed by atoms with Crippen LogP contribution in [0.1, 0.15) is 27.8 Å². The third-order valence-electron chi connectivity index (χ3n) is 26.1. The van der Waals surface area contributed by atoms with Crippen LogP contribution in [-0.4, -0.2) is 0 Å². The van der Waals surface area contributed by atoms with Gasteiger partial charge in [-0.05, 0) is 171 Å². The smallest absolute Gasteiger partial charge is 0.159 e. The normalized spacial score (nSPS) is 12.1. The van der Waals surface area contributed by atoms with Crippen molar-refractivity contribution in [3.8, 4) is 0 Å². The van der Waals surface area contributed by atoms with E-state index in [-0.39, 0.29) is 0 Å². The first-order chi connectivity index (χ1) is 62.2. The van der Waals surface area contributed by atoms with Gasteiger partial charge in [0.2, 0.25) is 0 Å². The second kappa shape index (κ2) is 28.2. The van der Waals surface area contributed by atoms with Gasteiger partial charge in [-0.15, -0.1) is 22.7 Å². The Balaban J connectivity index is 0.628. The van der Waals surface area contributed by atoms with E-state index in [0.29, 0.717) is 6.42 Å². The second-order valence-electron chi connectivity index (χ2n) is 33.5. The average Bonchev–Trinajstić information content (AvgIpc) is 1.54. The van der Waals surface area contributed by atoms with E-state index < -0.39 is 0 Å². The van der Waals surface area contributed by atoms with Gasteiger partial charge >= 0.3 is 0 Å². The van der Waals surface area contributed by atoms with E-state index in [1.165, 1.54) is 89.7 Å². The Morgan fingerprint density at radius 2 is 0.476 bits per heavy atom. The summed E-state index contributed by atoms with van der Waals surface area (Å²) in [5, 5.41) is 22.6. The standard InChI is InChI=1S/C116H74N4O4S2/c1-68-51-56-73(57-52-68)117(97-43-21-39-85-81-31-12-16-47-105(81)121-109(85)97)101-64-93-94-65-102(78-28-5-9-36-90(78)114(94)125-113(93)89-35-8-4-27-77(89)101)118(98-44-22-40-86-82-32-13-17-48-106(82)122-110(86)98)74-58-53-71(54-59-74)63-72-55-60-76(62-70(72)3)120(100-46-24-42-88-84-34-15-19-50-108(84)124-112(88)100)104-67-96-95-66-103(79-29-6-10-37-91(79)115(95)126-116(96)92-38-11-7-30-80(92)104)119(75-26-20-25-69(2)61-75)99-45-23-41-87-83-33-14-18-49-107(83)123-111(87)99/h4-62,64-67H,63H2,1-3H3. The monoisotopic (exact) mass is 1650 g/mol. The van der Waals surface area contributed by atoms with Crippen LogP contribution in [0.25, 0.3) is 171 Å². The number of thiophene rings is 2. The fourth-order valence-electron chi connectivity index (χ4n) is 20.2. The van der Waals surface area contributed by atoms with Crippen LogP contribution >= 0.6 is 22.7 Å². The third kappa shape index (κ3) is 11.1. The Morgan fingerprint density at radius 3 is 0.810 bits per heavy atom. The molecule has 0 atom stereocenters. The highest BCUT2D eigenvalue weighted by molar-refractivity contribution is 7.28. The van der Waals surface area contributed by atoms with E-state index in [2.05, 4.69) is 423 Å². The zero-order chi connectivity index (χ0) is 83.1. The molecule has 26 rings (SSSR count). The van der Waals surface area contributed by atoms with Crippen LogP contribution in [0.4, 0.5) is 68.2 Å². The molecule has 0 aliphatic heterocycles. The minimum absolute atomic E-state index is 0.692. The Hall–Kier alpha value is -15.7. The Labute approximate surface area is 731 Å². The molecule has 6 aromatic heterocycles. The van der Waals surface area contributed by atoms with Gasteiger partial charge in [-0.25, -0.2) is 0 Å². The van der Waals surface area contributed by atoms with Gasteiger partial charge in [-0.3, -0.25) is 0 Å². The molecule has 20 aromatic carbocycles. The highest BCUT2D eigenvalue weighted by atomic mass is 32.1. The van der Waals surface area contributed by atoms with Gasteiger partial charge in [-0.2, -0.15) is 0 Å². The molecule has 0 saturated carbocycles. The van der Waals surface area contributed by atoms with Crippen molar-refractivity contribution in [3.05, 3.63) is 410 Å². The molecule has 0 radical (unpaired) electrons. The van der Waals surface area contributed by atoms with E-state index >= 15 is 0 Å². The topological polar surface area (TPSA) is 65.5 Å². The predicted molar refractivity (Wildman–Crippen MR) is 534 cm³/mol.